The highest BCUT2D eigenvalue weighted by Gasteiger charge is 2.42. The quantitative estimate of drug-likeness (QED) is 0.477. The normalized spacial score (nSPS) is 16.2. The second kappa shape index (κ2) is 10.1. The fraction of sp³-hybridized carbons (Fsp3) is 0.593. The molecule has 1 aromatic heterocycles. The molecule has 0 spiro atoms. The number of alkyl halides is 3. The predicted octanol–water partition coefficient (Wildman–Crippen LogP) is 5.90. The monoisotopic (exact) mass is 541 g/mol. The van der Waals surface area contributed by atoms with Gasteiger partial charge in [-0.3, -0.25) is 4.79 Å². The number of rotatable bonds is 6. The van der Waals surface area contributed by atoms with Crippen LogP contribution in [0.1, 0.15) is 83.5 Å². The first-order valence-corrected chi connectivity index (χ1v) is 14.1. The summed E-state index contributed by atoms with van der Waals surface area (Å²) in [5.41, 5.74) is -2.18. The third-order valence-corrected chi connectivity index (χ3v) is 8.17. The molecule has 10 heteroatoms. The molecule has 6 nitrogen and oxygen atoms in total. The highest BCUT2D eigenvalue weighted by molar-refractivity contribution is 7.89. The van der Waals surface area contributed by atoms with Crippen LogP contribution in [-0.2, 0) is 33.0 Å². The Morgan fingerprint density at radius 1 is 1.03 bits per heavy atom. The maximum Gasteiger partial charge on any atom is 0.416 e. The molecule has 1 fully saturated rings. The SMILES string of the molecule is Cc1c(S(N)(=O)=O)cc(-c2ccc(C(C)(C)C(=O)NC(C)(C)C)c(C(F)(F)F)c2)n1CC1CCCCC1. The molecule has 0 atom stereocenters. The standard InChI is InChI=1S/C27H38F3N3O3S/c1-17-23(37(31,35)36)15-22(33(17)16-18-10-8-7-9-11-18)19-12-13-20(21(14-19)27(28,29)30)26(5,6)24(34)32-25(2,3)4/h12-15,18H,7-11,16H2,1-6H3,(H,32,34)(H2,31,35,36). The Balaban J connectivity index is 2.18. The number of sulfonamides is 1. The van der Waals surface area contributed by atoms with Gasteiger partial charge in [-0.15, -0.1) is 0 Å². The van der Waals surface area contributed by atoms with Crippen LogP contribution < -0.4 is 10.5 Å². The van der Waals surface area contributed by atoms with Gasteiger partial charge in [-0.05, 0) is 83.6 Å². The lowest BCUT2D eigenvalue weighted by Gasteiger charge is -2.32. The second-order valence-electron chi connectivity index (χ2n) is 11.7. The first-order chi connectivity index (χ1) is 16.8. The van der Waals surface area contributed by atoms with Crippen molar-refractivity contribution < 1.29 is 26.4 Å². The molecule has 1 aromatic carbocycles. The number of nitrogens with zero attached hydrogens (tertiary/aromatic N) is 1. The van der Waals surface area contributed by atoms with Gasteiger partial charge in [-0.1, -0.05) is 31.4 Å². The van der Waals surface area contributed by atoms with Crippen molar-refractivity contribution in [2.45, 2.75) is 102 Å². The Kier molecular flexibility index (Phi) is 7.97. The lowest BCUT2D eigenvalue weighted by atomic mass is 9.79. The third kappa shape index (κ3) is 6.57. The fourth-order valence-electron chi connectivity index (χ4n) is 5.11. The summed E-state index contributed by atoms with van der Waals surface area (Å²) in [6.07, 6.45) is 0.508. The Bertz CT molecular complexity index is 1270. The maximum atomic E-state index is 14.4. The first kappa shape index (κ1) is 29.2. The van der Waals surface area contributed by atoms with Crippen LogP contribution in [0.4, 0.5) is 13.2 Å². The summed E-state index contributed by atoms with van der Waals surface area (Å²) in [6, 6.07) is 5.22. The van der Waals surface area contributed by atoms with Crippen molar-refractivity contribution in [2.75, 3.05) is 0 Å². The number of primary sulfonamides is 1. The van der Waals surface area contributed by atoms with Crippen molar-refractivity contribution in [1.82, 2.24) is 9.88 Å². The van der Waals surface area contributed by atoms with Gasteiger partial charge in [0.1, 0.15) is 4.90 Å². The van der Waals surface area contributed by atoms with Crippen molar-refractivity contribution in [3.8, 4) is 11.3 Å². The molecule has 0 unspecified atom stereocenters. The van der Waals surface area contributed by atoms with E-state index in [2.05, 4.69) is 5.32 Å². The van der Waals surface area contributed by atoms with E-state index in [9.17, 15) is 26.4 Å². The largest absolute Gasteiger partial charge is 0.416 e. The van der Waals surface area contributed by atoms with E-state index < -0.39 is 38.6 Å². The Morgan fingerprint density at radius 3 is 2.14 bits per heavy atom. The number of carbonyl (C=O) groups is 1. The lowest BCUT2D eigenvalue weighted by molar-refractivity contribution is -0.139. The van der Waals surface area contributed by atoms with Gasteiger partial charge in [-0.25, -0.2) is 13.6 Å². The summed E-state index contributed by atoms with van der Waals surface area (Å²) in [5, 5.41) is 8.22. The molecule has 3 rings (SSSR count). The summed E-state index contributed by atoms with van der Waals surface area (Å²) in [6.45, 7) is 10.4. The first-order valence-electron chi connectivity index (χ1n) is 12.6. The second-order valence-corrected chi connectivity index (χ2v) is 13.3. The third-order valence-electron chi connectivity index (χ3n) is 7.14. The minimum Gasteiger partial charge on any atom is -0.351 e. The van der Waals surface area contributed by atoms with Crippen LogP contribution >= 0.6 is 0 Å². The minimum absolute atomic E-state index is 0.0965. The number of hydrogen-bond acceptors (Lipinski definition) is 3. The molecule has 1 aliphatic rings. The molecule has 1 heterocycles. The zero-order valence-corrected chi connectivity index (χ0v) is 23.2. The van der Waals surface area contributed by atoms with E-state index in [-0.39, 0.29) is 16.0 Å². The summed E-state index contributed by atoms with van der Waals surface area (Å²) in [7, 11) is -4.08. The molecular formula is C27H38F3N3O3S. The molecule has 0 saturated heterocycles. The topological polar surface area (TPSA) is 94.2 Å². The molecule has 0 bridgehead atoms. The van der Waals surface area contributed by atoms with Gasteiger partial charge in [0, 0.05) is 23.5 Å². The highest BCUT2D eigenvalue weighted by Crippen LogP contribution is 2.41. The molecule has 1 amide bonds. The number of carbonyl (C=O) groups excluding carboxylic acids is 1. The van der Waals surface area contributed by atoms with E-state index in [4.69, 9.17) is 5.14 Å². The van der Waals surface area contributed by atoms with Gasteiger partial charge in [0.15, 0.2) is 0 Å². The van der Waals surface area contributed by atoms with Gasteiger partial charge in [0.05, 0.1) is 11.0 Å². The van der Waals surface area contributed by atoms with Gasteiger partial charge in [0.2, 0.25) is 15.9 Å². The molecule has 1 aliphatic carbocycles. The predicted molar refractivity (Wildman–Crippen MR) is 138 cm³/mol. The zero-order valence-electron chi connectivity index (χ0n) is 22.4. The fourth-order valence-corrected chi connectivity index (χ4v) is 5.91. The van der Waals surface area contributed by atoms with Crippen molar-refractivity contribution in [1.29, 1.82) is 0 Å². The molecule has 206 valence electrons. The van der Waals surface area contributed by atoms with E-state index >= 15 is 0 Å². The van der Waals surface area contributed by atoms with Crippen molar-refractivity contribution >= 4 is 15.9 Å². The number of hydrogen-bond donors (Lipinski definition) is 2. The molecule has 0 radical (unpaired) electrons. The Morgan fingerprint density at radius 2 is 1.62 bits per heavy atom. The number of benzene rings is 1. The van der Waals surface area contributed by atoms with E-state index in [1.165, 1.54) is 32.0 Å². The molecule has 1 saturated carbocycles. The van der Waals surface area contributed by atoms with Gasteiger partial charge >= 0.3 is 6.18 Å². The molecule has 0 aliphatic heterocycles. The maximum absolute atomic E-state index is 14.4. The number of nitrogens with two attached hydrogens (primary N) is 1. The van der Waals surface area contributed by atoms with E-state index in [0.717, 1.165) is 38.2 Å². The molecule has 3 N–H and O–H groups in total. The Labute approximate surface area is 217 Å². The smallest absolute Gasteiger partial charge is 0.351 e. The minimum atomic E-state index is -4.73. The van der Waals surface area contributed by atoms with Crippen LogP contribution in [0.3, 0.4) is 0 Å². The Hall–Kier alpha value is -2.33. The lowest BCUT2D eigenvalue weighted by Crippen LogP contribution is -2.49. The van der Waals surface area contributed by atoms with E-state index in [1.54, 1.807) is 32.3 Å². The van der Waals surface area contributed by atoms with Gasteiger partial charge < -0.3 is 9.88 Å². The van der Waals surface area contributed by atoms with Crippen LogP contribution in [-0.4, -0.2) is 24.4 Å². The average molecular weight is 542 g/mol. The van der Waals surface area contributed by atoms with Crippen LogP contribution in [0.15, 0.2) is 29.2 Å². The van der Waals surface area contributed by atoms with Crippen LogP contribution in [0, 0.1) is 12.8 Å². The molecular weight excluding hydrogens is 503 g/mol. The summed E-state index contributed by atoms with van der Waals surface area (Å²) >= 11 is 0. The summed E-state index contributed by atoms with van der Waals surface area (Å²) in [5.74, 6) is -0.223. The highest BCUT2D eigenvalue weighted by atomic mass is 32.2. The van der Waals surface area contributed by atoms with E-state index in [0.29, 0.717) is 23.9 Å². The number of halogens is 3. The van der Waals surface area contributed by atoms with Crippen molar-refractivity contribution in [3.05, 3.63) is 41.1 Å². The van der Waals surface area contributed by atoms with Crippen LogP contribution in [0.25, 0.3) is 11.3 Å². The van der Waals surface area contributed by atoms with E-state index in [1.807, 2.05) is 0 Å². The summed E-state index contributed by atoms with van der Waals surface area (Å²) in [4.78, 5) is 12.9. The van der Waals surface area contributed by atoms with Crippen molar-refractivity contribution in [3.63, 3.8) is 0 Å². The molecule has 2 aromatic rings. The number of nitrogens with one attached hydrogen (secondary N) is 1. The van der Waals surface area contributed by atoms with Crippen LogP contribution in [0.2, 0.25) is 0 Å². The van der Waals surface area contributed by atoms with Gasteiger partial charge in [0.25, 0.3) is 0 Å². The number of aromatic nitrogens is 1. The molecule has 37 heavy (non-hydrogen) atoms. The zero-order chi connectivity index (χ0) is 28.0. The van der Waals surface area contributed by atoms with Crippen molar-refractivity contribution in [2.24, 2.45) is 11.1 Å². The average Bonchev–Trinajstić information content (AvgIpc) is 3.08. The van der Waals surface area contributed by atoms with Gasteiger partial charge in [-0.2, -0.15) is 13.2 Å². The summed E-state index contributed by atoms with van der Waals surface area (Å²) < 4.78 is 69.5. The number of amides is 1. The van der Waals surface area contributed by atoms with Crippen LogP contribution in [0.5, 0.6) is 0 Å².